The lowest BCUT2D eigenvalue weighted by molar-refractivity contribution is 0.0920. The zero-order valence-corrected chi connectivity index (χ0v) is 11.9. The fraction of sp³-hybridized carbons (Fsp3) is 0.235. The van der Waals surface area contributed by atoms with E-state index >= 15 is 0 Å². The normalized spacial score (nSPS) is 12.5. The molecule has 0 saturated carbocycles. The third-order valence-electron chi connectivity index (χ3n) is 3.49. The van der Waals surface area contributed by atoms with Crippen molar-refractivity contribution in [2.75, 3.05) is 6.61 Å². The van der Waals surface area contributed by atoms with Gasteiger partial charge in [-0.1, -0.05) is 30.3 Å². The number of aliphatic hydroxyl groups is 1. The summed E-state index contributed by atoms with van der Waals surface area (Å²) in [6, 6.07) is 14.1. The lowest BCUT2D eigenvalue weighted by Crippen LogP contribution is -2.23. The van der Waals surface area contributed by atoms with Crippen molar-refractivity contribution in [1.82, 2.24) is 9.55 Å². The molecule has 0 saturated heterocycles. The fourth-order valence-corrected chi connectivity index (χ4v) is 2.33. The SMILES string of the molecule is Cc1nccn1C[C@@H](O)COc1ccc2ccccc2c1. The summed E-state index contributed by atoms with van der Waals surface area (Å²) in [5, 5.41) is 12.4. The van der Waals surface area contributed by atoms with Crippen LogP contribution in [-0.2, 0) is 6.54 Å². The van der Waals surface area contributed by atoms with E-state index in [1.54, 1.807) is 6.20 Å². The molecule has 0 fully saturated rings. The topological polar surface area (TPSA) is 47.3 Å². The molecule has 0 unspecified atom stereocenters. The first-order chi connectivity index (χ1) is 10.2. The van der Waals surface area contributed by atoms with Crippen LogP contribution in [0.15, 0.2) is 54.9 Å². The smallest absolute Gasteiger partial charge is 0.120 e. The largest absolute Gasteiger partial charge is 0.491 e. The Hall–Kier alpha value is -2.33. The van der Waals surface area contributed by atoms with Crippen LogP contribution in [0, 0.1) is 6.92 Å². The number of imidazole rings is 1. The van der Waals surface area contributed by atoms with E-state index in [2.05, 4.69) is 11.1 Å². The average molecular weight is 282 g/mol. The Morgan fingerprint density at radius 3 is 2.76 bits per heavy atom. The molecule has 0 amide bonds. The summed E-state index contributed by atoms with van der Waals surface area (Å²) in [6.07, 6.45) is 3.02. The van der Waals surface area contributed by atoms with Crippen molar-refractivity contribution in [3.05, 3.63) is 60.7 Å². The maximum Gasteiger partial charge on any atom is 0.120 e. The number of fused-ring (bicyclic) bond motifs is 1. The molecule has 0 bridgehead atoms. The van der Waals surface area contributed by atoms with Crippen LogP contribution in [-0.4, -0.2) is 27.4 Å². The Labute approximate surface area is 123 Å². The number of nitrogens with zero attached hydrogens (tertiary/aromatic N) is 2. The van der Waals surface area contributed by atoms with E-state index in [0.717, 1.165) is 17.0 Å². The van der Waals surface area contributed by atoms with Gasteiger partial charge in [-0.05, 0) is 29.8 Å². The lowest BCUT2D eigenvalue weighted by atomic mass is 10.1. The first-order valence-corrected chi connectivity index (χ1v) is 7.00. The van der Waals surface area contributed by atoms with Crippen molar-refractivity contribution in [3.63, 3.8) is 0 Å². The zero-order chi connectivity index (χ0) is 14.7. The van der Waals surface area contributed by atoms with Gasteiger partial charge in [0.1, 0.15) is 24.3 Å². The van der Waals surface area contributed by atoms with Crippen LogP contribution < -0.4 is 4.74 Å². The maximum absolute atomic E-state index is 10.0. The van der Waals surface area contributed by atoms with Gasteiger partial charge in [0.25, 0.3) is 0 Å². The van der Waals surface area contributed by atoms with Crippen molar-refractivity contribution in [3.8, 4) is 5.75 Å². The molecular formula is C17H18N2O2. The molecule has 0 aliphatic heterocycles. The van der Waals surface area contributed by atoms with Crippen LogP contribution in [0.4, 0.5) is 0 Å². The summed E-state index contributed by atoms with van der Waals surface area (Å²) < 4.78 is 7.59. The Balaban J connectivity index is 1.62. The Bertz CT molecular complexity index is 736. The van der Waals surface area contributed by atoms with Gasteiger partial charge < -0.3 is 14.4 Å². The van der Waals surface area contributed by atoms with Gasteiger partial charge in [-0.3, -0.25) is 0 Å². The molecular weight excluding hydrogens is 264 g/mol. The standard InChI is InChI=1S/C17H18N2O2/c1-13-18-8-9-19(13)11-16(20)12-21-17-7-6-14-4-2-3-5-15(14)10-17/h2-10,16,20H,11-12H2,1H3/t16-/m1/s1. The summed E-state index contributed by atoms with van der Waals surface area (Å²) in [7, 11) is 0. The quantitative estimate of drug-likeness (QED) is 0.782. The summed E-state index contributed by atoms with van der Waals surface area (Å²) in [6.45, 7) is 2.66. The van der Waals surface area contributed by atoms with Crippen molar-refractivity contribution in [1.29, 1.82) is 0 Å². The summed E-state index contributed by atoms with van der Waals surface area (Å²) in [5.41, 5.74) is 0. The molecule has 21 heavy (non-hydrogen) atoms. The van der Waals surface area contributed by atoms with Gasteiger partial charge in [0, 0.05) is 12.4 Å². The number of benzene rings is 2. The summed E-state index contributed by atoms with van der Waals surface area (Å²) in [5.74, 6) is 1.66. The van der Waals surface area contributed by atoms with E-state index in [-0.39, 0.29) is 6.61 Å². The molecule has 4 heteroatoms. The minimum Gasteiger partial charge on any atom is -0.491 e. The number of aliphatic hydroxyl groups excluding tert-OH is 1. The van der Waals surface area contributed by atoms with Gasteiger partial charge in [-0.25, -0.2) is 4.98 Å². The number of aryl methyl sites for hydroxylation is 1. The summed E-state index contributed by atoms with van der Waals surface area (Å²) in [4.78, 5) is 4.13. The second kappa shape index (κ2) is 5.97. The van der Waals surface area contributed by atoms with E-state index in [1.165, 1.54) is 5.39 Å². The van der Waals surface area contributed by atoms with Crippen molar-refractivity contribution in [2.24, 2.45) is 0 Å². The number of rotatable bonds is 5. The third-order valence-corrected chi connectivity index (χ3v) is 3.49. The molecule has 0 aliphatic rings. The average Bonchev–Trinajstić information content (AvgIpc) is 2.90. The third kappa shape index (κ3) is 3.23. The highest BCUT2D eigenvalue weighted by Crippen LogP contribution is 2.20. The van der Waals surface area contributed by atoms with Gasteiger partial charge in [0.15, 0.2) is 0 Å². The Morgan fingerprint density at radius 1 is 1.19 bits per heavy atom. The molecule has 4 nitrogen and oxygen atoms in total. The fourth-order valence-electron chi connectivity index (χ4n) is 2.33. The van der Waals surface area contributed by atoms with Crippen LogP contribution >= 0.6 is 0 Å². The monoisotopic (exact) mass is 282 g/mol. The predicted molar refractivity (Wildman–Crippen MR) is 82.4 cm³/mol. The molecule has 3 rings (SSSR count). The zero-order valence-electron chi connectivity index (χ0n) is 11.9. The number of hydrogen-bond acceptors (Lipinski definition) is 3. The molecule has 3 aromatic rings. The molecule has 0 spiro atoms. The highest BCUT2D eigenvalue weighted by atomic mass is 16.5. The van der Waals surface area contributed by atoms with Gasteiger partial charge in [-0.15, -0.1) is 0 Å². The maximum atomic E-state index is 10.0. The number of ether oxygens (including phenoxy) is 1. The van der Waals surface area contributed by atoms with E-state index in [4.69, 9.17) is 4.74 Å². The van der Waals surface area contributed by atoms with E-state index in [0.29, 0.717) is 6.54 Å². The molecule has 108 valence electrons. The lowest BCUT2D eigenvalue weighted by Gasteiger charge is -2.14. The van der Waals surface area contributed by atoms with Crippen LogP contribution in [0.2, 0.25) is 0 Å². The minimum absolute atomic E-state index is 0.260. The van der Waals surface area contributed by atoms with Crippen LogP contribution in [0.3, 0.4) is 0 Å². The summed E-state index contributed by atoms with van der Waals surface area (Å²) >= 11 is 0. The van der Waals surface area contributed by atoms with Gasteiger partial charge in [-0.2, -0.15) is 0 Å². The number of hydrogen-bond donors (Lipinski definition) is 1. The molecule has 1 atom stereocenters. The van der Waals surface area contributed by atoms with Gasteiger partial charge in [0.2, 0.25) is 0 Å². The molecule has 1 aromatic heterocycles. The highest BCUT2D eigenvalue weighted by Gasteiger charge is 2.08. The molecule has 1 heterocycles. The van der Waals surface area contributed by atoms with Gasteiger partial charge in [0.05, 0.1) is 6.54 Å². The van der Waals surface area contributed by atoms with Crippen molar-refractivity contribution in [2.45, 2.75) is 19.6 Å². The molecule has 1 N–H and O–H groups in total. The van der Waals surface area contributed by atoms with Crippen LogP contribution in [0.25, 0.3) is 10.8 Å². The number of aromatic nitrogens is 2. The van der Waals surface area contributed by atoms with E-state index in [1.807, 2.05) is 54.1 Å². The second-order valence-corrected chi connectivity index (χ2v) is 5.10. The highest BCUT2D eigenvalue weighted by molar-refractivity contribution is 5.83. The van der Waals surface area contributed by atoms with E-state index in [9.17, 15) is 5.11 Å². The minimum atomic E-state index is -0.565. The van der Waals surface area contributed by atoms with Crippen LogP contribution in [0.1, 0.15) is 5.82 Å². The van der Waals surface area contributed by atoms with Crippen LogP contribution in [0.5, 0.6) is 5.75 Å². The van der Waals surface area contributed by atoms with Gasteiger partial charge >= 0.3 is 0 Å². The van der Waals surface area contributed by atoms with Crippen molar-refractivity contribution < 1.29 is 9.84 Å². The molecule has 2 aromatic carbocycles. The first-order valence-electron chi connectivity index (χ1n) is 7.00. The molecule has 0 aliphatic carbocycles. The second-order valence-electron chi connectivity index (χ2n) is 5.10. The Morgan fingerprint density at radius 2 is 2.00 bits per heavy atom. The van der Waals surface area contributed by atoms with E-state index < -0.39 is 6.10 Å². The predicted octanol–water partition coefficient (Wildman–Crippen LogP) is 2.78. The Kier molecular flexibility index (Phi) is 3.88. The van der Waals surface area contributed by atoms with Crippen molar-refractivity contribution >= 4 is 10.8 Å². The first kappa shape index (κ1) is 13.6. The molecule has 0 radical (unpaired) electrons.